The molecule has 2 amide bonds. The third-order valence-corrected chi connectivity index (χ3v) is 4.04. The second kappa shape index (κ2) is 6.60. The molecule has 0 unspecified atom stereocenters. The molecule has 1 aliphatic carbocycles. The first-order valence-electron chi connectivity index (χ1n) is 7.22. The molecule has 3 heteroatoms. The minimum absolute atomic E-state index is 0.0450. The fourth-order valence-electron chi connectivity index (χ4n) is 2.87. The van der Waals surface area contributed by atoms with Gasteiger partial charge in [-0.2, -0.15) is 0 Å². The summed E-state index contributed by atoms with van der Waals surface area (Å²) in [6.07, 6.45) is 6.79. The molecule has 0 atom stereocenters. The van der Waals surface area contributed by atoms with Gasteiger partial charge in [-0.15, -0.1) is 0 Å². The lowest BCUT2D eigenvalue weighted by Gasteiger charge is -2.22. The fraction of sp³-hybridized carbons (Fsp3) is 0.562. The first-order chi connectivity index (χ1) is 9.20. The van der Waals surface area contributed by atoms with Gasteiger partial charge in [0.15, 0.2) is 0 Å². The van der Waals surface area contributed by atoms with Crippen LogP contribution in [0.4, 0.5) is 4.79 Å². The van der Waals surface area contributed by atoms with Crippen molar-refractivity contribution in [3.63, 3.8) is 0 Å². The van der Waals surface area contributed by atoms with Crippen LogP contribution in [0.15, 0.2) is 24.3 Å². The van der Waals surface area contributed by atoms with E-state index in [9.17, 15) is 4.79 Å². The minimum atomic E-state index is -0.0450. The molecule has 1 N–H and O–H groups in total. The average molecular weight is 260 g/mol. The van der Waals surface area contributed by atoms with Crippen molar-refractivity contribution in [2.75, 3.05) is 14.1 Å². The maximum Gasteiger partial charge on any atom is 0.317 e. The summed E-state index contributed by atoms with van der Waals surface area (Å²) in [5.74, 6) is 0.750. The third kappa shape index (κ3) is 3.72. The SMILES string of the molecule is CNC(=O)N(C)Cc1ccc(C2CCCCC2)cc1. The molecular formula is C16H24N2O. The van der Waals surface area contributed by atoms with Crippen molar-refractivity contribution < 1.29 is 4.79 Å². The number of benzene rings is 1. The van der Waals surface area contributed by atoms with Gasteiger partial charge in [-0.3, -0.25) is 0 Å². The molecule has 1 aliphatic rings. The molecule has 1 saturated carbocycles. The number of rotatable bonds is 3. The molecular weight excluding hydrogens is 236 g/mol. The quantitative estimate of drug-likeness (QED) is 0.886. The highest BCUT2D eigenvalue weighted by atomic mass is 16.2. The molecule has 2 rings (SSSR count). The van der Waals surface area contributed by atoms with E-state index >= 15 is 0 Å². The smallest absolute Gasteiger partial charge is 0.317 e. The summed E-state index contributed by atoms with van der Waals surface area (Å²) in [5.41, 5.74) is 2.65. The van der Waals surface area contributed by atoms with Crippen molar-refractivity contribution in [1.82, 2.24) is 10.2 Å². The monoisotopic (exact) mass is 260 g/mol. The Hall–Kier alpha value is -1.51. The van der Waals surface area contributed by atoms with Gasteiger partial charge in [0.2, 0.25) is 0 Å². The van der Waals surface area contributed by atoms with Gasteiger partial charge >= 0.3 is 6.03 Å². The second-order valence-electron chi connectivity index (χ2n) is 5.49. The average Bonchev–Trinajstić information content (AvgIpc) is 2.48. The Morgan fingerprint density at radius 2 is 1.84 bits per heavy atom. The highest BCUT2D eigenvalue weighted by Crippen LogP contribution is 2.32. The Bertz CT molecular complexity index is 407. The summed E-state index contributed by atoms with van der Waals surface area (Å²) >= 11 is 0. The maximum absolute atomic E-state index is 11.4. The van der Waals surface area contributed by atoms with Gasteiger partial charge in [-0.1, -0.05) is 43.5 Å². The zero-order valence-corrected chi connectivity index (χ0v) is 12.0. The van der Waals surface area contributed by atoms with E-state index < -0.39 is 0 Å². The third-order valence-electron chi connectivity index (χ3n) is 4.04. The Morgan fingerprint density at radius 1 is 1.21 bits per heavy atom. The van der Waals surface area contributed by atoms with Gasteiger partial charge in [-0.25, -0.2) is 4.79 Å². The number of nitrogens with one attached hydrogen (secondary N) is 1. The lowest BCUT2D eigenvalue weighted by atomic mass is 9.84. The van der Waals surface area contributed by atoms with E-state index in [4.69, 9.17) is 0 Å². The normalized spacial score (nSPS) is 16.1. The highest BCUT2D eigenvalue weighted by molar-refractivity contribution is 5.73. The van der Waals surface area contributed by atoms with E-state index in [-0.39, 0.29) is 6.03 Å². The molecule has 1 fully saturated rings. The minimum Gasteiger partial charge on any atom is -0.341 e. The molecule has 104 valence electrons. The van der Waals surface area contributed by atoms with Gasteiger partial charge in [0.25, 0.3) is 0 Å². The van der Waals surface area contributed by atoms with Crippen LogP contribution in [0.1, 0.15) is 49.1 Å². The maximum atomic E-state index is 11.4. The summed E-state index contributed by atoms with van der Waals surface area (Å²) in [7, 11) is 3.47. The van der Waals surface area contributed by atoms with Crippen molar-refractivity contribution in [3.8, 4) is 0 Å². The van der Waals surface area contributed by atoms with Gasteiger partial charge in [0.1, 0.15) is 0 Å². The Morgan fingerprint density at radius 3 is 2.42 bits per heavy atom. The van der Waals surface area contributed by atoms with E-state index in [0.717, 1.165) is 5.92 Å². The molecule has 0 aromatic heterocycles. The molecule has 0 heterocycles. The lowest BCUT2D eigenvalue weighted by Crippen LogP contribution is -2.34. The van der Waals surface area contributed by atoms with Crippen LogP contribution in [-0.2, 0) is 6.54 Å². The number of carbonyl (C=O) groups is 1. The second-order valence-corrected chi connectivity index (χ2v) is 5.49. The predicted octanol–water partition coefficient (Wildman–Crippen LogP) is 3.51. The van der Waals surface area contributed by atoms with Crippen LogP contribution in [0, 0.1) is 0 Å². The van der Waals surface area contributed by atoms with Crippen LogP contribution in [0.2, 0.25) is 0 Å². The molecule has 1 aromatic carbocycles. The van der Waals surface area contributed by atoms with E-state index in [1.807, 2.05) is 7.05 Å². The summed E-state index contributed by atoms with van der Waals surface area (Å²) in [6, 6.07) is 8.75. The molecule has 0 saturated heterocycles. The number of carbonyl (C=O) groups excluding carboxylic acids is 1. The van der Waals surface area contributed by atoms with Crippen LogP contribution < -0.4 is 5.32 Å². The predicted molar refractivity (Wildman–Crippen MR) is 78.2 cm³/mol. The Labute approximate surface area is 116 Å². The number of hydrogen-bond donors (Lipinski definition) is 1. The first kappa shape index (κ1) is 13.9. The number of urea groups is 1. The standard InChI is InChI=1S/C16H24N2O/c1-17-16(19)18(2)12-13-8-10-15(11-9-13)14-6-4-3-5-7-14/h8-11,14H,3-7,12H2,1-2H3,(H,17,19). The van der Waals surface area contributed by atoms with Crippen molar-refractivity contribution in [2.45, 2.75) is 44.6 Å². The van der Waals surface area contributed by atoms with Crippen LogP contribution in [0.3, 0.4) is 0 Å². The van der Waals surface area contributed by atoms with Crippen molar-refractivity contribution in [3.05, 3.63) is 35.4 Å². The summed E-state index contributed by atoms with van der Waals surface area (Å²) < 4.78 is 0. The van der Waals surface area contributed by atoms with Crippen LogP contribution >= 0.6 is 0 Å². The van der Waals surface area contributed by atoms with Crippen molar-refractivity contribution >= 4 is 6.03 Å². The number of amides is 2. The molecule has 0 spiro atoms. The van der Waals surface area contributed by atoms with E-state index in [1.54, 1.807) is 11.9 Å². The first-order valence-corrected chi connectivity index (χ1v) is 7.22. The summed E-state index contributed by atoms with van der Waals surface area (Å²) in [5, 5.41) is 2.64. The fourth-order valence-corrected chi connectivity index (χ4v) is 2.87. The number of hydrogen-bond acceptors (Lipinski definition) is 1. The van der Waals surface area contributed by atoms with Crippen LogP contribution in [0.5, 0.6) is 0 Å². The van der Waals surface area contributed by atoms with Gasteiger partial charge in [0.05, 0.1) is 0 Å². The largest absolute Gasteiger partial charge is 0.341 e. The summed E-state index contributed by atoms with van der Waals surface area (Å²) in [6.45, 7) is 0.657. The number of nitrogens with zero attached hydrogens (tertiary/aromatic N) is 1. The summed E-state index contributed by atoms with van der Waals surface area (Å²) in [4.78, 5) is 13.1. The Kier molecular flexibility index (Phi) is 4.83. The molecule has 19 heavy (non-hydrogen) atoms. The molecule has 0 radical (unpaired) electrons. The highest BCUT2D eigenvalue weighted by Gasteiger charge is 2.15. The van der Waals surface area contributed by atoms with Crippen LogP contribution in [-0.4, -0.2) is 25.0 Å². The van der Waals surface area contributed by atoms with Gasteiger partial charge in [0, 0.05) is 20.6 Å². The van der Waals surface area contributed by atoms with Crippen molar-refractivity contribution in [2.24, 2.45) is 0 Å². The van der Waals surface area contributed by atoms with Crippen LogP contribution in [0.25, 0.3) is 0 Å². The molecule has 0 aliphatic heterocycles. The zero-order chi connectivity index (χ0) is 13.7. The molecule has 0 bridgehead atoms. The molecule has 1 aromatic rings. The molecule has 3 nitrogen and oxygen atoms in total. The van der Waals surface area contributed by atoms with E-state index in [1.165, 1.54) is 43.2 Å². The van der Waals surface area contributed by atoms with E-state index in [0.29, 0.717) is 6.54 Å². The zero-order valence-electron chi connectivity index (χ0n) is 12.0. The van der Waals surface area contributed by atoms with Gasteiger partial charge < -0.3 is 10.2 Å². The van der Waals surface area contributed by atoms with E-state index in [2.05, 4.69) is 29.6 Å². The Balaban J connectivity index is 1.96. The van der Waals surface area contributed by atoms with Crippen molar-refractivity contribution in [1.29, 1.82) is 0 Å². The van der Waals surface area contributed by atoms with Gasteiger partial charge in [-0.05, 0) is 29.9 Å². The lowest BCUT2D eigenvalue weighted by molar-refractivity contribution is 0.209. The topological polar surface area (TPSA) is 32.3 Å².